The number of carbonyl (C=O) groups excluding carboxylic acids is 1. The van der Waals surface area contributed by atoms with Gasteiger partial charge < -0.3 is 10.4 Å². The molecular formula is C12H23NO3. The Morgan fingerprint density at radius 2 is 1.81 bits per heavy atom. The lowest BCUT2D eigenvalue weighted by molar-refractivity contribution is -0.143. The maximum Gasteiger partial charge on any atom is 0.326 e. The quantitative estimate of drug-likeness (QED) is 0.758. The molecule has 94 valence electrons. The lowest BCUT2D eigenvalue weighted by Gasteiger charge is -2.23. The molecule has 4 heteroatoms. The lowest BCUT2D eigenvalue weighted by Crippen LogP contribution is -2.45. The highest BCUT2D eigenvalue weighted by atomic mass is 16.4. The lowest BCUT2D eigenvalue weighted by atomic mass is 9.91. The minimum absolute atomic E-state index is 0.0542. The fourth-order valence-electron chi connectivity index (χ4n) is 1.39. The first kappa shape index (κ1) is 14.9. The van der Waals surface area contributed by atoms with Crippen molar-refractivity contribution >= 4 is 11.9 Å². The number of amides is 1. The number of hydrogen-bond donors (Lipinski definition) is 2. The maximum atomic E-state index is 11.6. The third-order valence-electron chi connectivity index (χ3n) is 2.49. The highest BCUT2D eigenvalue weighted by molar-refractivity contribution is 5.84. The van der Waals surface area contributed by atoms with Crippen molar-refractivity contribution in [3.05, 3.63) is 0 Å². The van der Waals surface area contributed by atoms with Crippen LogP contribution >= 0.6 is 0 Å². The van der Waals surface area contributed by atoms with Crippen molar-refractivity contribution in [3.63, 3.8) is 0 Å². The molecule has 0 saturated heterocycles. The molecule has 0 radical (unpaired) electrons. The Bertz CT molecular complexity index is 255. The van der Waals surface area contributed by atoms with Crippen LogP contribution in [0.2, 0.25) is 0 Å². The van der Waals surface area contributed by atoms with E-state index in [0.29, 0.717) is 6.42 Å². The first-order chi connectivity index (χ1) is 7.17. The molecule has 0 spiro atoms. The van der Waals surface area contributed by atoms with Gasteiger partial charge in [0.25, 0.3) is 0 Å². The molecule has 0 heterocycles. The number of rotatable bonds is 5. The summed E-state index contributed by atoms with van der Waals surface area (Å²) in [7, 11) is 0. The van der Waals surface area contributed by atoms with Crippen LogP contribution < -0.4 is 5.32 Å². The fraction of sp³-hybridized carbons (Fsp3) is 0.833. The van der Waals surface area contributed by atoms with Crippen molar-refractivity contribution in [2.45, 2.75) is 53.5 Å². The summed E-state index contributed by atoms with van der Waals surface area (Å²) in [6.07, 6.45) is 1.07. The molecule has 2 N–H and O–H groups in total. The predicted octanol–water partition coefficient (Wildman–Crippen LogP) is 2.04. The van der Waals surface area contributed by atoms with E-state index in [1.54, 1.807) is 0 Å². The van der Waals surface area contributed by atoms with Crippen LogP contribution in [0.25, 0.3) is 0 Å². The minimum atomic E-state index is -0.961. The highest BCUT2D eigenvalue weighted by Gasteiger charge is 2.26. The van der Waals surface area contributed by atoms with E-state index < -0.39 is 12.0 Å². The molecule has 0 unspecified atom stereocenters. The van der Waals surface area contributed by atoms with Gasteiger partial charge in [-0.05, 0) is 11.3 Å². The van der Waals surface area contributed by atoms with E-state index in [2.05, 4.69) is 5.32 Å². The normalized spacial score (nSPS) is 15.3. The number of nitrogens with one attached hydrogen (secondary N) is 1. The second-order valence-electron chi connectivity index (χ2n) is 5.51. The molecule has 0 saturated carbocycles. The van der Waals surface area contributed by atoms with Crippen molar-refractivity contribution in [1.82, 2.24) is 5.32 Å². The van der Waals surface area contributed by atoms with Crippen LogP contribution in [0.15, 0.2) is 0 Å². The topological polar surface area (TPSA) is 66.4 Å². The van der Waals surface area contributed by atoms with Gasteiger partial charge in [-0.2, -0.15) is 0 Å². The van der Waals surface area contributed by atoms with Gasteiger partial charge in [-0.3, -0.25) is 4.79 Å². The zero-order valence-corrected chi connectivity index (χ0v) is 10.8. The third kappa shape index (κ3) is 5.73. The van der Waals surface area contributed by atoms with Gasteiger partial charge in [-0.15, -0.1) is 0 Å². The monoisotopic (exact) mass is 229 g/mol. The van der Waals surface area contributed by atoms with Gasteiger partial charge in [0.1, 0.15) is 6.04 Å². The van der Waals surface area contributed by atoms with E-state index in [9.17, 15) is 9.59 Å². The molecule has 0 bridgehead atoms. The van der Waals surface area contributed by atoms with Crippen LogP contribution in [-0.2, 0) is 9.59 Å². The fourth-order valence-corrected chi connectivity index (χ4v) is 1.39. The van der Waals surface area contributed by atoms with Crippen LogP contribution in [0.4, 0.5) is 0 Å². The second kappa shape index (κ2) is 5.87. The molecule has 0 aliphatic rings. The minimum Gasteiger partial charge on any atom is -0.480 e. The number of aliphatic carboxylic acids is 1. The average Bonchev–Trinajstić information content (AvgIpc) is 2.09. The van der Waals surface area contributed by atoms with Gasteiger partial charge >= 0.3 is 5.97 Å². The summed E-state index contributed by atoms with van der Waals surface area (Å²) in [5.41, 5.74) is -0.122. The van der Waals surface area contributed by atoms with Gasteiger partial charge in [0.2, 0.25) is 5.91 Å². The molecule has 0 fully saturated rings. The SMILES string of the molecule is CC[C@H](C)[C@H](NC(=O)CC(C)(C)C)C(=O)O. The van der Waals surface area contributed by atoms with Crippen molar-refractivity contribution < 1.29 is 14.7 Å². The average molecular weight is 229 g/mol. The summed E-state index contributed by atoms with van der Waals surface area (Å²) >= 11 is 0. The smallest absolute Gasteiger partial charge is 0.326 e. The number of carboxylic acid groups (broad SMARTS) is 1. The highest BCUT2D eigenvalue weighted by Crippen LogP contribution is 2.18. The molecule has 4 nitrogen and oxygen atoms in total. The Hall–Kier alpha value is -1.06. The molecule has 0 aromatic heterocycles. The Morgan fingerprint density at radius 1 is 1.31 bits per heavy atom. The van der Waals surface area contributed by atoms with Crippen LogP contribution in [0.5, 0.6) is 0 Å². The van der Waals surface area contributed by atoms with Crippen molar-refractivity contribution in [2.75, 3.05) is 0 Å². The largest absolute Gasteiger partial charge is 0.480 e. The third-order valence-corrected chi connectivity index (χ3v) is 2.49. The summed E-state index contributed by atoms with van der Waals surface area (Å²) in [6.45, 7) is 9.59. The van der Waals surface area contributed by atoms with E-state index in [-0.39, 0.29) is 17.2 Å². The maximum absolute atomic E-state index is 11.6. The molecule has 0 aliphatic heterocycles. The molecule has 0 rings (SSSR count). The summed E-state index contributed by atoms with van der Waals surface area (Å²) < 4.78 is 0. The van der Waals surface area contributed by atoms with E-state index in [0.717, 1.165) is 6.42 Å². The zero-order valence-electron chi connectivity index (χ0n) is 10.8. The van der Waals surface area contributed by atoms with E-state index in [1.165, 1.54) is 0 Å². The molecule has 2 atom stereocenters. The number of carbonyl (C=O) groups is 2. The summed E-state index contributed by atoms with van der Waals surface area (Å²) in [4.78, 5) is 22.6. The van der Waals surface area contributed by atoms with Crippen molar-refractivity contribution in [1.29, 1.82) is 0 Å². The van der Waals surface area contributed by atoms with Crippen LogP contribution in [-0.4, -0.2) is 23.0 Å². The van der Waals surface area contributed by atoms with Crippen molar-refractivity contribution in [2.24, 2.45) is 11.3 Å². The summed E-state index contributed by atoms with van der Waals surface area (Å²) in [5, 5.41) is 11.6. The van der Waals surface area contributed by atoms with E-state index in [4.69, 9.17) is 5.11 Å². The van der Waals surface area contributed by atoms with E-state index in [1.807, 2.05) is 34.6 Å². The zero-order chi connectivity index (χ0) is 12.9. The molecular weight excluding hydrogens is 206 g/mol. The Labute approximate surface area is 97.4 Å². The Balaban J connectivity index is 4.42. The first-order valence-electron chi connectivity index (χ1n) is 5.69. The van der Waals surface area contributed by atoms with Crippen LogP contribution in [0, 0.1) is 11.3 Å². The predicted molar refractivity (Wildman–Crippen MR) is 63.1 cm³/mol. The first-order valence-corrected chi connectivity index (χ1v) is 5.69. The Morgan fingerprint density at radius 3 is 2.12 bits per heavy atom. The van der Waals surface area contributed by atoms with Gasteiger partial charge in [0.05, 0.1) is 0 Å². The summed E-state index contributed by atoms with van der Waals surface area (Å²) in [5.74, 6) is -1.21. The van der Waals surface area contributed by atoms with Gasteiger partial charge in [-0.25, -0.2) is 4.79 Å². The molecule has 0 aromatic rings. The van der Waals surface area contributed by atoms with Crippen LogP contribution in [0.1, 0.15) is 47.5 Å². The summed E-state index contributed by atoms with van der Waals surface area (Å²) in [6, 6.07) is -0.778. The molecule has 1 amide bonds. The number of hydrogen-bond acceptors (Lipinski definition) is 2. The second-order valence-corrected chi connectivity index (χ2v) is 5.51. The number of carboxylic acids is 1. The Kier molecular flexibility index (Phi) is 5.48. The molecule has 0 aliphatic carbocycles. The standard InChI is InChI=1S/C12H23NO3/c1-6-8(2)10(11(15)16)13-9(14)7-12(3,4)5/h8,10H,6-7H2,1-5H3,(H,13,14)(H,15,16)/t8-,10-/m0/s1. The van der Waals surface area contributed by atoms with Gasteiger partial charge in [0, 0.05) is 6.42 Å². The van der Waals surface area contributed by atoms with E-state index >= 15 is 0 Å². The van der Waals surface area contributed by atoms with Gasteiger partial charge in [-0.1, -0.05) is 41.0 Å². The van der Waals surface area contributed by atoms with Crippen LogP contribution in [0.3, 0.4) is 0 Å². The molecule has 0 aromatic carbocycles. The van der Waals surface area contributed by atoms with Gasteiger partial charge in [0.15, 0.2) is 0 Å². The van der Waals surface area contributed by atoms with Crippen molar-refractivity contribution in [3.8, 4) is 0 Å². The molecule has 16 heavy (non-hydrogen) atoms.